The molecule has 0 unspecified atom stereocenters. The molecular weight excluding hydrogens is 321 g/mol. The molecule has 0 saturated heterocycles. The van der Waals surface area contributed by atoms with Gasteiger partial charge in [0.25, 0.3) is 0 Å². The fourth-order valence-electron chi connectivity index (χ4n) is 1.99. The van der Waals surface area contributed by atoms with E-state index in [0.29, 0.717) is 22.7 Å². The van der Waals surface area contributed by atoms with Crippen molar-refractivity contribution in [3.05, 3.63) is 41.6 Å². The van der Waals surface area contributed by atoms with Crippen LogP contribution in [0, 0.1) is 6.92 Å². The highest BCUT2D eigenvalue weighted by Gasteiger charge is 2.31. The molecule has 5 nitrogen and oxygen atoms in total. The summed E-state index contributed by atoms with van der Waals surface area (Å²) in [6.07, 6.45) is -3.25. The van der Waals surface area contributed by atoms with E-state index in [4.69, 9.17) is 11.6 Å². The zero-order valence-electron chi connectivity index (χ0n) is 11.1. The van der Waals surface area contributed by atoms with E-state index in [1.165, 1.54) is 30.6 Å². The third kappa shape index (κ3) is 2.82. The Labute approximate surface area is 127 Å². The quantitative estimate of drug-likeness (QED) is 0.673. The number of alkyl halides is 3. The minimum atomic E-state index is -4.72. The summed E-state index contributed by atoms with van der Waals surface area (Å²) in [5.74, 6) is 0.176. The number of ether oxygens (including phenoxy) is 1. The van der Waals surface area contributed by atoms with Crippen molar-refractivity contribution in [2.24, 2.45) is 0 Å². The van der Waals surface area contributed by atoms with Crippen LogP contribution in [0.3, 0.4) is 0 Å². The normalized spacial score (nSPS) is 11.9. The Kier molecular flexibility index (Phi) is 3.40. The van der Waals surface area contributed by atoms with Gasteiger partial charge in [0.05, 0.1) is 0 Å². The van der Waals surface area contributed by atoms with E-state index in [2.05, 4.69) is 19.7 Å². The zero-order valence-corrected chi connectivity index (χ0v) is 11.9. The summed E-state index contributed by atoms with van der Waals surface area (Å²) in [6.45, 7) is 1.69. The number of nitrogens with zero attached hydrogens (tertiary/aromatic N) is 4. The predicted molar refractivity (Wildman–Crippen MR) is 73.1 cm³/mol. The van der Waals surface area contributed by atoms with E-state index >= 15 is 0 Å². The lowest BCUT2D eigenvalue weighted by Crippen LogP contribution is -2.17. The Morgan fingerprint density at radius 3 is 2.45 bits per heavy atom. The average Bonchev–Trinajstić information content (AvgIpc) is 2.81. The molecule has 3 rings (SSSR count). The number of halogens is 4. The number of hydrogen-bond donors (Lipinski definition) is 0. The van der Waals surface area contributed by atoms with Crippen LogP contribution in [0.15, 0.2) is 30.6 Å². The molecule has 0 fully saturated rings. The van der Waals surface area contributed by atoms with Gasteiger partial charge in [0.15, 0.2) is 10.8 Å². The first-order valence-corrected chi connectivity index (χ1v) is 6.45. The second-order valence-electron chi connectivity index (χ2n) is 4.39. The summed E-state index contributed by atoms with van der Waals surface area (Å²) in [5, 5.41) is 0.218. The zero-order chi connectivity index (χ0) is 15.9. The van der Waals surface area contributed by atoms with Crippen LogP contribution in [0.5, 0.6) is 5.75 Å². The van der Waals surface area contributed by atoms with Crippen molar-refractivity contribution in [2.75, 3.05) is 0 Å². The molecule has 0 N–H and O–H groups in total. The maximum atomic E-state index is 12.1. The molecule has 0 aliphatic heterocycles. The van der Waals surface area contributed by atoms with Crippen LogP contribution in [0.25, 0.3) is 16.9 Å². The van der Waals surface area contributed by atoms with Crippen LogP contribution in [0.1, 0.15) is 5.82 Å². The van der Waals surface area contributed by atoms with Crippen LogP contribution in [0.4, 0.5) is 13.2 Å². The maximum absolute atomic E-state index is 12.1. The minimum absolute atomic E-state index is 0.218. The summed E-state index contributed by atoms with van der Waals surface area (Å²) in [6, 6.07) is 5.33. The van der Waals surface area contributed by atoms with Crippen LogP contribution < -0.4 is 4.74 Å². The highest BCUT2D eigenvalue weighted by atomic mass is 35.5. The summed E-state index contributed by atoms with van der Waals surface area (Å²) in [4.78, 5) is 12.3. The average molecular weight is 329 g/mol. The molecular formula is C13H8ClF3N4O. The van der Waals surface area contributed by atoms with Crippen LogP contribution in [0.2, 0.25) is 5.15 Å². The number of aromatic nitrogens is 4. The number of benzene rings is 1. The third-order valence-electron chi connectivity index (χ3n) is 2.82. The Morgan fingerprint density at radius 2 is 1.82 bits per heavy atom. The van der Waals surface area contributed by atoms with Crippen molar-refractivity contribution in [1.29, 1.82) is 0 Å². The fraction of sp³-hybridized carbons (Fsp3) is 0.154. The summed E-state index contributed by atoms with van der Waals surface area (Å²) < 4.78 is 41.8. The topological polar surface area (TPSA) is 52.8 Å². The van der Waals surface area contributed by atoms with Crippen LogP contribution >= 0.6 is 11.6 Å². The molecule has 0 bridgehead atoms. The highest BCUT2D eigenvalue weighted by molar-refractivity contribution is 6.33. The van der Waals surface area contributed by atoms with Gasteiger partial charge < -0.3 is 4.74 Å². The minimum Gasteiger partial charge on any atom is -0.406 e. The molecule has 0 radical (unpaired) electrons. The molecule has 0 spiro atoms. The first-order valence-electron chi connectivity index (χ1n) is 6.07. The van der Waals surface area contributed by atoms with E-state index in [9.17, 15) is 13.2 Å². The second kappa shape index (κ2) is 5.13. The molecule has 0 atom stereocenters. The molecule has 1 aromatic carbocycles. The van der Waals surface area contributed by atoms with E-state index in [1.807, 2.05) is 0 Å². The van der Waals surface area contributed by atoms with Gasteiger partial charge in [-0.1, -0.05) is 11.6 Å². The summed E-state index contributed by atoms with van der Waals surface area (Å²) >= 11 is 6.09. The van der Waals surface area contributed by atoms with E-state index in [0.717, 1.165) is 0 Å². The number of rotatable bonds is 2. The lowest BCUT2D eigenvalue weighted by atomic mass is 10.3. The molecule has 2 heterocycles. The van der Waals surface area contributed by atoms with Gasteiger partial charge in [-0.3, -0.25) is 4.57 Å². The largest absolute Gasteiger partial charge is 0.573 e. The molecule has 9 heteroatoms. The highest BCUT2D eigenvalue weighted by Crippen LogP contribution is 2.26. The predicted octanol–water partition coefficient (Wildman–Crippen LogP) is 3.68. The molecule has 0 aliphatic carbocycles. The monoisotopic (exact) mass is 328 g/mol. The first-order chi connectivity index (χ1) is 10.3. The molecule has 22 heavy (non-hydrogen) atoms. The molecule has 0 saturated carbocycles. The Hall–Kier alpha value is -2.35. The Balaban J connectivity index is 2.01. The van der Waals surface area contributed by atoms with Gasteiger partial charge in [-0.25, -0.2) is 15.0 Å². The molecule has 2 aromatic heterocycles. The molecule has 114 valence electrons. The Morgan fingerprint density at radius 1 is 1.14 bits per heavy atom. The van der Waals surface area contributed by atoms with Crippen molar-refractivity contribution < 1.29 is 17.9 Å². The number of fused-ring (bicyclic) bond motifs is 1. The van der Waals surface area contributed by atoms with Gasteiger partial charge in [-0.15, -0.1) is 13.2 Å². The third-order valence-corrected chi connectivity index (χ3v) is 3.08. The standard InChI is InChI=1S/C13H8ClF3N4O/c1-7-19-11(14)10-12(20-7)18-6-21(10)8-2-4-9(5-3-8)22-13(15,16)17/h2-6H,1H3. The second-order valence-corrected chi connectivity index (χ2v) is 4.75. The van der Waals surface area contributed by atoms with Gasteiger partial charge in [0, 0.05) is 5.69 Å². The fourth-order valence-corrected chi connectivity index (χ4v) is 2.29. The van der Waals surface area contributed by atoms with Crippen molar-refractivity contribution in [3.8, 4) is 11.4 Å². The summed E-state index contributed by atoms with van der Waals surface area (Å²) in [7, 11) is 0. The molecule has 3 aromatic rings. The van der Waals surface area contributed by atoms with Gasteiger partial charge in [0.1, 0.15) is 23.4 Å². The summed E-state index contributed by atoms with van der Waals surface area (Å²) in [5.41, 5.74) is 1.45. The van der Waals surface area contributed by atoms with Crippen molar-refractivity contribution in [1.82, 2.24) is 19.5 Å². The van der Waals surface area contributed by atoms with Crippen molar-refractivity contribution in [2.45, 2.75) is 13.3 Å². The van der Waals surface area contributed by atoms with Gasteiger partial charge in [-0.2, -0.15) is 0 Å². The lowest BCUT2D eigenvalue weighted by Gasteiger charge is -2.10. The van der Waals surface area contributed by atoms with E-state index in [1.54, 1.807) is 11.5 Å². The lowest BCUT2D eigenvalue weighted by molar-refractivity contribution is -0.274. The van der Waals surface area contributed by atoms with Gasteiger partial charge in [0.2, 0.25) is 0 Å². The van der Waals surface area contributed by atoms with E-state index < -0.39 is 6.36 Å². The van der Waals surface area contributed by atoms with Gasteiger partial charge >= 0.3 is 6.36 Å². The van der Waals surface area contributed by atoms with E-state index in [-0.39, 0.29) is 10.9 Å². The smallest absolute Gasteiger partial charge is 0.406 e. The number of aryl methyl sites for hydroxylation is 1. The van der Waals surface area contributed by atoms with Crippen LogP contribution in [-0.4, -0.2) is 25.9 Å². The molecule has 0 aliphatic rings. The number of imidazole rings is 1. The SMILES string of the molecule is Cc1nc(Cl)c2c(ncn2-c2ccc(OC(F)(F)F)cc2)n1. The first kappa shape index (κ1) is 14.6. The number of hydrogen-bond acceptors (Lipinski definition) is 4. The van der Waals surface area contributed by atoms with Crippen LogP contribution in [-0.2, 0) is 0 Å². The Bertz CT molecular complexity index is 830. The molecule has 0 amide bonds. The van der Waals surface area contributed by atoms with Gasteiger partial charge in [-0.05, 0) is 31.2 Å². The maximum Gasteiger partial charge on any atom is 0.573 e. The van der Waals surface area contributed by atoms with Crippen molar-refractivity contribution in [3.63, 3.8) is 0 Å². The van der Waals surface area contributed by atoms with Crippen molar-refractivity contribution >= 4 is 22.8 Å².